The Bertz CT molecular complexity index is 1090. The van der Waals surface area contributed by atoms with E-state index in [-0.39, 0.29) is 49.0 Å². The predicted octanol–water partition coefficient (Wildman–Crippen LogP) is 2.46. The Balaban J connectivity index is 1.51. The summed E-state index contributed by atoms with van der Waals surface area (Å²) in [5.74, 6) is 0.405. The summed E-state index contributed by atoms with van der Waals surface area (Å²) in [6.45, 7) is 0.259. The number of nitrogens with one attached hydrogen (secondary N) is 2. The van der Waals surface area contributed by atoms with Gasteiger partial charge in [0.1, 0.15) is 24.2 Å². The molecule has 3 amide bonds. The number of anilines is 1. The van der Waals surface area contributed by atoms with Crippen LogP contribution in [0.15, 0.2) is 42.5 Å². The molecule has 9 heteroatoms. The Morgan fingerprint density at radius 2 is 2.00 bits per heavy atom. The number of ether oxygens (including phenoxy) is 3. The molecule has 180 valence electrons. The molecular weight excluding hydrogens is 438 g/mol. The molecule has 2 heterocycles. The summed E-state index contributed by atoms with van der Waals surface area (Å²) < 4.78 is 17.3. The molecule has 2 aromatic rings. The Morgan fingerprint density at radius 3 is 2.76 bits per heavy atom. The van der Waals surface area contributed by atoms with Gasteiger partial charge in [0.15, 0.2) is 0 Å². The van der Waals surface area contributed by atoms with E-state index in [4.69, 9.17) is 14.2 Å². The molecule has 34 heavy (non-hydrogen) atoms. The summed E-state index contributed by atoms with van der Waals surface area (Å²) in [5, 5.41) is 5.45. The number of amides is 3. The second-order valence-corrected chi connectivity index (χ2v) is 8.44. The number of carbonyl (C=O) groups is 3. The lowest BCUT2D eigenvalue weighted by Gasteiger charge is -2.42. The quantitative estimate of drug-likeness (QED) is 0.700. The third kappa shape index (κ3) is 4.99. The zero-order valence-electron chi connectivity index (χ0n) is 19.5. The first-order valence-electron chi connectivity index (χ1n) is 11.2. The molecule has 0 radical (unpaired) electrons. The van der Waals surface area contributed by atoms with Gasteiger partial charge >= 0.3 is 0 Å². The van der Waals surface area contributed by atoms with Crippen molar-refractivity contribution in [3.8, 4) is 11.5 Å². The largest absolute Gasteiger partial charge is 0.497 e. The van der Waals surface area contributed by atoms with Crippen LogP contribution in [0.4, 0.5) is 5.69 Å². The Labute approximate surface area is 198 Å². The topological polar surface area (TPSA) is 106 Å². The molecule has 2 aliphatic rings. The molecule has 4 rings (SSSR count). The lowest BCUT2D eigenvalue weighted by atomic mass is 9.94. The number of likely N-dealkylation sites (N-methyl/N-ethyl adjacent to an activating group) is 1. The molecule has 9 nitrogen and oxygen atoms in total. The van der Waals surface area contributed by atoms with Gasteiger partial charge in [0.05, 0.1) is 31.2 Å². The standard InChI is InChI=1S/C25H29N3O6/c1-26-23(29)13-18-8-9-20-22(34-18)14-33-21-10-7-16(12-19(21)25(31)28(20)2)27-24(30)15-5-4-6-17(11-15)32-3/h4-7,10-12,18,20,22H,8-9,13-14H2,1-3H3,(H,26,29)(H,27,30)/t18-,20-,22-/m1/s1. The van der Waals surface area contributed by atoms with E-state index in [0.717, 1.165) is 0 Å². The van der Waals surface area contributed by atoms with E-state index in [1.807, 2.05) is 0 Å². The summed E-state index contributed by atoms with van der Waals surface area (Å²) in [4.78, 5) is 39.5. The van der Waals surface area contributed by atoms with Crippen molar-refractivity contribution in [1.82, 2.24) is 10.2 Å². The molecule has 0 unspecified atom stereocenters. The van der Waals surface area contributed by atoms with Crippen molar-refractivity contribution in [1.29, 1.82) is 0 Å². The molecule has 0 aliphatic carbocycles. The molecule has 1 saturated heterocycles. The first-order valence-corrected chi connectivity index (χ1v) is 11.2. The number of hydrogen-bond donors (Lipinski definition) is 2. The third-order valence-corrected chi connectivity index (χ3v) is 6.29. The molecule has 0 aromatic heterocycles. The summed E-state index contributed by atoms with van der Waals surface area (Å²) >= 11 is 0. The maximum atomic E-state index is 13.3. The van der Waals surface area contributed by atoms with Gasteiger partial charge in [-0.05, 0) is 49.2 Å². The van der Waals surface area contributed by atoms with Gasteiger partial charge < -0.3 is 29.7 Å². The smallest absolute Gasteiger partial charge is 0.257 e. The van der Waals surface area contributed by atoms with Gasteiger partial charge in [-0.2, -0.15) is 0 Å². The minimum absolute atomic E-state index is 0.0755. The van der Waals surface area contributed by atoms with Crippen molar-refractivity contribution >= 4 is 23.4 Å². The van der Waals surface area contributed by atoms with E-state index in [0.29, 0.717) is 41.2 Å². The van der Waals surface area contributed by atoms with Crippen LogP contribution in [0.5, 0.6) is 11.5 Å². The lowest BCUT2D eigenvalue weighted by molar-refractivity contribution is -0.133. The number of nitrogens with zero attached hydrogens (tertiary/aromatic N) is 1. The average molecular weight is 468 g/mol. The minimum Gasteiger partial charge on any atom is -0.497 e. The normalized spacial score (nSPS) is 21.8. The van der Waals surface area contributed by atoms with Crippen LogP contribution in [0, 0.1) is 0 Å². The first-order chi connectivity index (χ1) is 16.4. The highest BCUT2D eigenvalue weighted by Crippen LogP contribution is 2.32. The monoisotopic (exact) mass is 467 g/mol. The fourth-order valence-corrected chi connectivity index (χ4v) is 4.38. The van der Waals surface area contributed by atoms with Crippen molar-refractivity contribution in [3.63, 3.8) is 0 Å². The molecule has 2 N–H and O–H groups in total. The lowest BCUT2D eigenvalue weighted by Crippen LogP contribution is -2.53. The number of fused-ring (bicyclic) bond motifs is 2. The number of rotatable bonds is 5. The maximum Gasteiger partial charge on any atom is 0.257 e. The van der Waals surface area contributed by atoms with Crippen LogP contribution in [0.1, 0.15) is 40.0 Å². The fraction of sp³-hybridized carbons (Fsp3) is 0.400. The summed E-state index contributed by atoms with van der Waals surface area (Å²) in [5.41, 5.74) is 1.30. The van der Waals surface area contributed by atoms with Gasteiger partial charge in [-0.3, -0.25) is 14.4 Å². The number of hydrogen-bond acceptors (Lipinski definition) is 6. The zero-order chi connectivity index (χ0) is 24.2. The summed E-state index contributed by atoms with van der Waals surface area (Å²) in [6.07, 6.45) is 1.12. The SMILES string of the molecule is CNC(=O)C[C@H]1CC[C@@H]2[C@@H](COc3ccc(NC(=O)c4cccc(OC)c4)cc3C(=O)N2C)O1. The highest BCUT2D eigenvalue weighted by molar-refractivity contribution is 6.05. The van der Waals surface area contributed by atoms with Crippen molar-refractivity contribution in [3.05, 3.63) is 53.6 Å². The second kappa shape index (κ2) is 10.1. The molecular formula is C25H29N3O6. The highest BCUT2D eigenvalue weighted by atomic mass is 16.5. The predicted molar refractivity (Wildman–Crippen MR) is 125 cm³/mol. The zero-order valence-corrected chi connectivity index (χ0v) is 19.5. The van der Waals surface area contributed by atoms with Gasteiger partial charge in [-0.15, -0.1) is 0 Å². The Morgan fingerprint density at radius 1 is 1.18 bits per heavy atom. The maximum absolute atomic E-state index is 13.3. The number of methoxy groups -OCH3 is 1. The highest BCUT2D eigenvalue weighted by Gasteiger charge is 2.39. The van der Waals surface area contributed by atoms with E-state index >= 15 is 0 Å². The summed E-state index contributed by atoms with van der Waals surface area (Å²) in [6, 6.07) is 11.7. The van der Waals surface area contributed by atoms with E-state index in [1.54, 1.807) is 61.5 Å². The molecule has 0 saturated carbocycles. The summed E-state index contributed by atoms with van der Waals surface area (Å²) in [7, 11) is 4.89. The van der Waals surface area contributed by atoms with Crippen LogP contribution in [-0.4, -0.2) is 68.7 Å². The molecule has 2 aliphatic heterocycles. The Hall–Kier alpha value is -3.59. The first kappa shape index (κ1) is 23.6. The van der Waals surface area contributed by atoms with Crippen LogP contribution in [0.3, 0.4) is 0 Å². The van der Waals surface area contributed by atoms with Crippen molar-refractivity contribution < 1.29 is 28.6 Å². The Kier molecular flexibility index (Phi) is 7.02. The molecule has 3 atom stereocenters. The number of benzene rings is 2. The third-order valence-electron chi connectivity index (χ3n) is 6.29. The molecule has 1 fully saturated rings. The van der Waals surface area contributed by atoms with E-state index in [9.17, 15) is 14.4 Å². The van der Waals surface area contributed by atoms with Crippen LogP contribution >= 0.6 is 0 Å². The van der Waals surface area contributed by atoms with Gasteiger partial charge in [0.25, 0.3) is 11.8 Å². The van der Waals surface area contributed by atoms with Crippen LogP contribution in [0.25, 0.3) is 0 Å². The van der Waals surface area contributed by atoms with Crippen LogP contribution in [0.2, 0.25) is 0 Å². The van der Waals surface area contributed by atoms with Gasteiger partial charge in [0, 0.05) is 25.3 Å². The van der Waals surface area contributed by atoms with E-state index in [2.05, 4.69) is 10.6 Å². The average Bonchev–Trinajstić information content (AvgIpc) is 2.86. The van der Waals surface area contributed by atoms with Crippen molar-refractivity contribution in [2.24, 2.45) is 0 Å². The van der Waals surface area contributed by atoms with Crippen LogP contribution < -0.4 is 20.1 Å². The van der Waals surface area contributed by atoms with Gasteiger partial charge in [-0.25, -0.2) is 0 Å². The number of carbonyl (C=O) groups excluding carboxylic acids is 3. The van der Waals surface area contributed by atoms with Gasteiger partial charge in [-0.1, -0.05) is 6.07 Å². The van der Waals surface area contributed by atoms with Crippen LogP contribution in [-0.2, 0) is 9.53 Å². The molecule has 0 bridgehead atoms. The molecule has 0 spiro atoms. The van der Waals surface area contributed by atoms with Crippen molar-refractivity contribution in [2.45, 2.75) is 37.5 Å². The van der Waals surface area contributed by atoms with E-state index in [1.165, 1.54) is 7.11 Å². The van der Waals surface area contributed by atoms with Crippen molar-refractivity contribution in [2.75, 3.05) is 33.1 Å². The van der Waals surface area contributed by atoms with Gasteiger partial charge in [0.2, 0.25) is 5.91 Å². The molecule has 2 aromatic carbocycles. The van der Waals surface area contributed by atoms with E-state index < -0.39 is 0 Å². The fourth-order valence-electron chi connectivity index (χ4n) is 4.38. The second-order valence-electron chi connectivity index (χ2n) is 8.44. The minimum atomic E-state index is -0.335.